The maximum Gasteiger partial charge on any atom is 0.260 e. The first-order chi connectivity index (χ1) is 9.88. The van der Waals surface area contributed by atoms with Gasteiger partial charge in [0.15, 0.2) is 6.61 Å². The van der Waals surface area contributed by atoms with Crippen molar-refractivity contribution in [3.63, 3.8) is 0 Å². The van der Waals surface area contributed by atoms with Gasteiger partial charge in [-0.1, -0.05) is 0 Å². The quantitative estimate of drug-likeness (QED) is 0.835. The fraction of sp³-hybridized carbons (Fsp3) is 0.462. The molecule has 1 amide bonds. The van der Waals surface area contributed by atoms with Crippen LogP contribution in [0, 0.1) is 6.92 Å². The number of hydrogen-bond donors (Lipinski definition) is 1. The predicted molar refractivity (Wildman–Crippen MR) is 75.4 cm³/mol. The van der Waals surface area contributed by atoms with Crippen LogP contribution in [-0.4, -0.2) is 52.1 Å². The lowest BCUT2D eigenvalue weighted by molar-refractivity contribution is -0.137. The second-order valence-corrected chi connectivity index (χ2v) is 6.28. The lowest BCUT2D eigenvalue weighted by atomic mass is 10.2. The van der Waals surface area contributed by atoms with Gasteiger partial charge in [-0.15, -0.1) is 0 Å². The zero-order chi connectivity index (χ0) is 15.5. The van der Waals surface area contributed by atoms with E-state index >= 15 is 0 Å². The first-order valence-corrected chi connectivity index (χ1v) is 8.04. The van der Waals surface area contributed by atoms with Crippen LogP contribution >= 0.6 is 0 Å². The van der Waals surface area contributed by atoms with Crippen LogP contribution < -0.4 is 9.88 Å². The highest BCUT2D eigenvalue weighted by Crippen LogP contribution is 2.20. The number of aryl methyl sites for hydroxylation is 1. The summed E-state index contributed by atoms with van der Waals surface area (Å²) in [6.07, 6.45) is 0. The Morgan fingerprint density at radius 1 is 1.38 bits per heavy atom. The molecule has 0 aromatic heterocycles. The Balaban J connectivity index is 1.97. The number of primary sulfonamides is 1. The number of nitrogens with zero attached hydrogens (tertiary/aromatic N) is 1. The fourth-order valence-corrected chi connectivity index (χ4v) is 2.85. The smallest absolute Gasteiger partial charge is 0.260 e. The molecule has 0 atom stereocenters. The Morgan fingerprint density at radius 2 is 2.05 bits per heavy atom. The molecule has 21 heavy (non-hydrogen) atoms. The van der Waals surface area contributed by atoms with E-state index in [0.29, 0.717) is 37.6 Å². The van der Waals surface area contributed by atoms with E-state index in [0.717, 1.165) is 0 Å². The Morgan fingerprint density at radius 3 is 2.62 bits per heavy atom. The third kappa shape index (κ3) is 4.16. The van der Waals surface area contributed by atoms with E-state index in [9.17, 15) is 13.2 Å². The van der Waals surface area contributed by atoms with Crippen LogP contribution in [0.4, 0.5) is 0 Å². The third-order valence-corrected chi connectivity index (χ3v) is 4.25. The summed E-state index contributed by atoms with van der Waals surface area (Å²) in [5.41, 5.74) is 0.480. The van der Waals surface area contributed by atoms with Crippen LogP contribution in [0.1, 0.15) is 5.56 Å². The molecule has 1 heterocycles. The first-order valence-electron chi connectivity index (χ1n) is 6.50. The lowest BCUT2D eigenvalue weighted by Gasteiger charge is -2.26. The van der Waals surface area contributed by atoms with E-state index in [-0.39, 0.29) is 17.4 Å². The topological polar surface area (TPSA) is 98.9 Å². The normalized spacial score (nSPS) is 15.8. The van der Waals surface area contributed by atoms with Crippen molar-refractivity contribution in [2.45, 2.75) is 11.8 Å². The molecule has 1 saturated heterocycles. The minimum absolute atomic E-state index is 0.0503. The Hall–Kier alpha value is -1.64. The molecule has 1 fully saturated rings. The zero-order valence-corrected chi connectivity index (χ0v) is 12.6. The number of carbonyl (C=O) groups excluding carboxylic acids is 1. The number of rotatable bonds is 4. The van der Waals surface area contributed by atoms with Gasteiger partial charge < -0.3 is 14.4 Å². The second-order valence-electron chi connectivity index (χ2n) is 4.75. The summed E-state index contributed by atoms with van der Waals surface area (Å²) in [5.74, 6) is 0.313. The average Bonchev–Trinajstić information content (AvgIpc) is 2.44. The van der Waals surface area contributed by atoms with Crippen LogP contribution in [-0.2, 0) is 19.6 Å². The van der Waals surface area contributed by atoms with Gasteiger partial charge in [0.1, 0.15) is 5.75 Å². The summed E-state index contributed by atoms with van der Waals surface area (Å²) in [6.45, 7) is 3.73. The molecule has 116 valence electrons. The molecule has 1 aromatic rings. The maximum atomic E-state index is 11.9. The van der Waals surface area contributed by atoms with E-state index in [2.05, 4.69) is 0 Å². The van der Waals surface area contributed by atoms with Gasteiger partial charge in [-0.25, -0.2) is 13.6 Å². The molecular weight excluding hydrogens is 296 g/mol. The minimum Gasteiger partial charge on any atom is -0.484 e. The van der Waals surface area contributed by atoms with E-state index in [4.69, 9.17) is 14.6 Å². The largest absolute Gasteiger partial charge is 0.484 e. The van der Waals surface area contributed by atoms with Crippen LogP contribution in [0.3, 0.4) is 0 Å². The van der Waals surface area contributed by atoms with Crippen molar-refractivity contribution in [3.8, 4) is 5.75 Å². The van der Waals surface area contributed by atoms with Crippen molar-refractivity contribution in [1.29, 1.82) is 0 Å². The molecule has 0 aliphatic carbocycles. The average molecular weight is 314 g/mol. The van der Waals surface area contributed by atoms with Crippen molar-refractivity contribution in [1.82, 2.24) is 4.90 Å². The van der Waals surface area contributed by atoms with Gasteiger partial charge in [-0.05, 0) is 30.7 Å². The number of hydrogen-bond acceptors (Lipinski definition) is 5. The summed E-state index contributed by atoms with van der Waals surface area (Å²) in [7, 11) is -3.74. The van der Waals surface area contributed by atoms with Gasteiger partial charge in [0.2, 0.25) is 10.0 Å². The predicted octanol–water partition coefficient (Wildman–Crippen LogP) is -0.120. The zero-order valence-electron chi connectivity index (χ0n) is 11.7. The SMILES string of the molecule is Cc1cc(OCC(=O)N2CCOCC2)ccc1S(N)(=O)=O. The van der Waals surface area contributed by atoms with Crippen molar-refractivity contribution in [3.05, 3.63) is 23.8 Å². The Kier molecular flexibility index (Phi) is 4.81. The number of amides is 1. The van der Waals surface area contributed by atoms with Gasteiger partial charge in [0, 0.05) is 13.1 Å². The highest BCUT2D eigenvalue weighted by atomic mass is 32.2. The van der Waals surface area contributed by atoms with E-state index in [1.54, 1.807) is 17.9 Å². The summed E-state index contributed by atoms with van der Waals surface area (Å²) in [4.78, 5) is 13.6. The molecule has 8 heteroatoms. The van der Waals surface area contributed by atoms with Gasteiger partial charge in [-0.3, -0.25) is 4.79 Å². The maximum absolute atomic E-state index is 11.9. The number of sulfonamides is 1. The van der Waals surface area contributed by atoms with Gasteiger partial charge >= 0.3 is 0 Å². The molecule has 1 aromatic carbocycles. The second kappa shape index (κ2) is 6.42. The molecule has 1 aliphatic heterocycles. The third-order valence-electron chi connectivity index (χ3n) is 3.18. The highest BCUT2D eigenvalue weighted by Gasteiger charge is 2.17. The molecule has 2 rings (SSSR count). The van der Waals surface area contributed by atoms with E-state index < -0.39 is 10.0 Å². The summed E-state index contributed by atoms with van der Waals surface area (Å²) < 4.78 is 33.2. The van der Waals surface area contributed by atoms with Gasteiger partial charge in [0.25, 0.3) is 5.91 Å². The molecule has 7 nitrogen and oxygen atoms in total. The monoisotopic (exact) mass is 314 g/mol. The first kappa shape index (κ1) is 15.7. The van der Waals surface area contributed by atoms with Crippen LogP contribution in [0.2, 0.25) is 0 Å². The Bertz CT molecular complexity index is 623. The minimum atomic E-state index is -3.74. The summed E-state index contributed by atoms with van der Waals surface area (Å²) >= 11 is 0. The molecule has 0 radical (unpaired) electrons. The number of carbonyl (C=O) groups is 1. The van der Waals surface area contributed by atoms with Crippen molar-refractivity contribution < 1.29 is 22.7 Å². The van der Waals surface area contributed by atoms with Gasteiger partial charge in [-0.2, -0.15) is 0 Å². The molecule has 0 unspecified atom stereocenters. The molecule has 0 saturated carbocycles. The molecule has 0 spiro atoms. The number of benzene rings is 1. The molecular formula is C13H18N2O5S. The van der Waals surface area contributed by atoms with Gasteiger partial charge in [0.05, 0.1) is 18.1 Å². The van der Waals surface area contributed by atoms with Crippen molar-refractivity contribution in [2.75, 3.05) is 32.9 Å². The number of nitrogens with two attached hydrogens (primary N) is 1. The summed E-state index contributed by atoms with van der Waals surface area (Å²) in [6, 6.07) is 4.41. The standard InChI is InChI=1S/C13H18N2O5S/c1-10-8-11(2-3-12(10)21(14,17)18)20-9-13(16)15-4-6-19-7-5-15/h2-3,8H,4-7,9H2,1H3,(H2,14,17,18). The van der Waals surface area contributed by atoms with Crippen LogP contribution in [0.15, 0.2) is 23.1 Å². The summed E-state index contributed by atoms with van der Waals surface area (Å²) in [5, 5.41) is 5.09. The van der Waals surface area contributed by atoms with Crippen molar-refractivity contribution in [2.24, 2.45) is 5.14 Å². The fourth-order valence-electron chi connectivity index (χ4n) is 2.08. The van der Waals surface area contributed by atoms with Crippen LogP contribution in [0.25, 0.3) is 0 Å². The van der Waals surface area contributed by atoms with Crippen molar-refractivity contribution >= 4 is 15.9 Å². The Labute approximate surface area is 123 Å². The highest BCUT2D eigenvalue weighted by molar-refractivity contribution is 7.89. The molecule has 2 N–H and O–H groups in total. The van der Waals surface area contributed by atoms with E-state index in [1.807, 2.05) is 0 Å². The number of morpholine rings is 1. The lowest BCUT2D eigenvalue weighted by Crippen LogP contribution is -2.42. The van der Waals surface area contributed by atoms with Crippen LogP contribution in [0.5, 0.6) is 5.75 Å². The number of ether oxygens (including phenoxy) is 2. The molecule has 1 aliphatic rings. The van der Waals surface area contributed by atoms with E-state index in [1.165, 1.54) is 12.1 Å². The molecule has 0 bridgehead atoms.